The lowest BCUT2D eigenvalue weighted by Gasteiger charge is -2.18. The summed E-state index contributed by atoms with van der Waals surface area (Å²) in [7, 11) is 0. The minimum atomic E-state index is 0.297. The van der Waals surface area contributed by atoms with Crippen molar-refractivity contribution in [2.24, 2.45) is 9.98 Å². The summed E-state index contributed by atoms with van der Waals surface area (Å²) in [5.41, 5.74) is 12.4. The summed E-state index contributed by atoms with van der Waals surface area (Å²) in [6.45, 7) is 12.8. The van der Waals surface area contributed by atoms with Gasteiger partial charge in [0.1, 0.15) is 0 Å². The highest BCUT2D eigenvalue weighted by Crippen LogP contribution is 2.36. The Morgan fingerprint density at radius 3 is 2.34 bits per heavy atom. The second-order valence-corrected chi connectivity index (χ2v) is 14.7. The van der Waals surface area contributed by atoms with Crippen LogP contribution in [-0.4, -0.2) is 18.1 Å². The summed E-state index contributed by atoms with van der Waals surface area (Å²) in [6.07, 6.45) is 30.1. The summed E-state index contributed by atoms with van der Waals surface area (Å²) < 4.78 is 0. The second kappa shape index (κ2) is 18.8. The van der Waals surface area contributed by atoms with Crippen molar-refractivity contribution in [1.82, 2.24) is 0 Å². The number of benzene rings is 5. The Labute approximate surface area is 343 Å². The summed E-state index contributed by atoms with van der Waals surface area (Å²) in [5.74, 6) is 0. The minimum absolute atomic E-state index is 0.297. The number of rotatable bonds is 11. The smallest absolute Gasteiger partial charge is 0.0723 e. The van der Waals surface area contributed by atoms with Crippen LogP contribution in [0.25, 0.3) is 49.5 Å². The third kappa shape index (κ3) is 9.34. The van der Waals surface area contributed by atoms with E-state index in [0.29, 0.717) is 17.0 Å². The summed E-state index contributed by atoms with van der Waals surface area (Å²) >= 11 is 0. The Hall–Kier alpha value is -6.97. The molecule has 5 aromatic carbocycles. The van der Waals surface area contributed by atoms with Gasteiger partial charge >= 0.3 is 0 Å². The van der Waals surface area contributed by atoms with Crippen molar-refractivity contribution in [3.05, 3.63) is 222 Å². The van der Waals surface area contributed by atoms with Crippen LogP contribution in [0.4, 0.5) is 0 Å². The lowest BCUT2D eigenvalue weighted by molar-refractivity contribution is 0.967. The predicted molar refractivity (Wildman–Crippen MR) is 254 cm³/mol. The number of nitrogens with zero attached hydrogens (tertiary/aromatic N) is 2. The van der Waals surface area contributed by atoms with Gasteiger partial charge in [-0.05, 0) is 112 Å². The van der Waals surface area contributed by atoms with E-state index in [-0.39, 0.29) is 0 Å². The number of hydrogen-bond acceptors (Lipinski definition) is 3. The fraction of sp³-hybridized carbons (Fsp3) is 0.109. The maximum Gasteiger partial charge on any atom is 0.0723 e. The molecule has 1 heterocycles. The van der Waals surface area contributed by atoms with Crippen LogP contribution in [0, 0.1) is 5.41 Å². The molecule has 0 unspecified atom stereocenters. The van der Waals surface area contributed by atoms with Crippen molar-refractivity contribution in [2.75, 3.05) is 0 Å². The van der Waals surface area contributed by atoms with E-state index in [2.05, 4.69) is 159 Å². The highest BCUT2D eigenvalue weighted by molar-refractivity contribution is 6.29. The molecule has 0 fully saturated rings. The number of fused-ring (bicyclic) bond motifs is 3. The van der Waals surface area contributed by atoms with Gasteiger partial charge in [-0.25, -0.2) is 0 Å². The molecule has 1 aliphatic heterocycles. The van der Waals surface area contributed by atoms with Crippen LogP contribution < -0.4 is 0 Å². The van der Waals surface area contributed by atoms with Gasteiger partial charge in [0.05, 0.1) is 11.4 Å². The molecule has 3 heteroatoms. The van der Waals surface area contributed by atoms with Gasteiger partial charge in [-0.3, -0.25) is 9.98 Å². The first-order chi connectivity index (χ1) is 28.4. The molecule has 2 aliphatic rings. The van der Waals surface area contributed by atoms with E-state index in [4.69, 9.17) is 4.99 Å². The molecule has 0 radical (unpaired) electrons. The van der Waals surface area contributed by atoms with Crippen molar-refractivity contribution in [3.63, 3.8) is 0 Å². The van der Waals surface area contributed by atoms with Crippen LogP contribution in [0.2, 0.25) is 0 Å². The van der Waals surface area contributed by atoms with E-state index in [9.17, 15) is 5.41 Å². The summed E-state index contributed by atoms with van der Waals surface area (Å²) in [6, 6.07) is 36.2. The first-order valence-corrected chi connectivity index (χ1v) is 20.0. The van der Waals surface area contributed by atoms with Crippen LogP contribution in [-0.2, 0) is 0 Å². The first-order valence-electron chi connectivity index (χ1n) is 20.0. The summed E-state index contributed by atoms with van der Waals surface area (Å²) in [4.78, 5) is 9.52. The Morgan fingerprint density at radius 1 is 0.793 bits per heavy atom. The van der Waals surface area contributed by atoms with Crippen LogP contribution in [0.3, 0.4) is 0 Å². The number of hydrogen-bond donors (Lipinski definition) is 1. The number of nitrogens with one attached hydrogen (secondary N) is 1. The lowest BCUT2D eigenvalue weighted by Crippen LogP contribution is -2.02. The molecule has 3 nitrogen and oxygen atoms in total. The van der Waals surface area contributed by atoms with Crippen LogP contribution in [0.5, 0.6) is 0 Å². The molecule has 5 aromatic rings. The highest BCUT2D eigenvalue weighted by Gasteiger charge is 2.16. The van der Waals surface area contributed by atoms with E-state index in [0.717, 1.165) is 59.1 Å². The normalized spacial score (nSPS) is 17.7. The maximum atomic E-state index is 9.39. The van der Waals surface area contributed by atoms with Crippen molar-refractivity contribution in [3.8, 4) is 11.1 Å². The average molecular weight is 752 g/mol. The quantitative estimate of drug-likeness (QED) is 0.0794. The molecule has 0 spiro atoms. The Morgan fingerprint density at radius 2 is 1.53 bits per heavy atom. The summed E-state index contributed by atoms with van der Waals surface area (Å²) in [5, 5.41) is 14.3. The third-order valence-corrected chi connectivity index (χ3v) is 10.6. The topological polar surface area (TPSA) is 48.6 Å². The van der Waals surface area contributed by atoms with Crippen LogP contribution >= 0.6 is 0 Å². The van der Waals surface area contributed by atoms with E-state index in [1.807, 2.05) is 49.0 Å². The maximum absolute atomic E-state index is 9.39. The van der Waals surface area contributed by atoms with Crippen molar-refractivity contribution < 1.29 is 0 Å². The van der Waals surface area contributed by atoms with E-state index < -0.39 is 0 Å². The van der Waals surface area contributed by atoms with Crippen LogP contribution in [0.15, 0.2) is 216 Å². The fourth-order valence-electron chi connectivity index (χ4n) is 7.43. The molecule has 58 heavy (non-hydrogen) atoms. The zero-order valence-corrected chi connectivity index (χ0v) is 33.5. The third-order valence-electron chi connectivity index (χ3n) is 10.6. The molecular weight excluding hydrogens is 703 g/mol. The zero-order valence-electron chi connectivity index (χ0n) is 33.5. The fourth-order valence-corrected chi connectivity index (χ4v) is 7.43. The molecule has 0 saturated heterocycles. The van der Waals surface area contributed by atoms with Gasteiger partial charge in [0.2, 0.25) is 0 Å². The predicted octanol–water partition coefficient (Wildman–Crippen LogP) is 14.8. The van der Waals surface area contributed by atoms with Crippen molar-refractivity contribution in [1.29, 1.82) is 5.41 Å². The number of aliphatic imine (C=N–C) groups is 2. The first kappa shape index (κ1) is 39.3. The van der Waals surface area contributed by atoms with E-state index >= 15 is 0 Å². The molecule has 284 valence electrons. The molecular formula is C55H49N3. The second-order valence-electron chi connectivity index (χ2n) is 14.7. The molecule has 0 bridgehead atoms. The Balaban J connectivity index is 1.25. The minimum Gasteiger partial charge on any atom is -0.300 e. The molecule has 0 aromatic heterocycles. The van der Waals surface area contributed by atoms with Gasteiger partial charge in [-0.1, -0.05) is 176 Å². The standard InChI is InChI=1S/C55H49N3/c1-5-42(20-17-21-43-34-39(2)18-7-6-16-33-57-37-43)38-58-55(36-54(56)41(4)48-24-12-13-26-50(48)47-23-10-8-19-40(47)3)45-31-29-44(30-32-45)53-35-46-22-9-11-25-49(46)51-27-14-15-28-52(51)53/h5,7,9-15,17-18,20-38,56H,1,4,6,8,16,19H2,2-3H3/b18-7-,21-17+,39-34+,42-20+,43-37-,55-36-,56-54?,57-33?,58-38-. The van der Waals surface area contributed by atoms with Crippen molar-refractivity contribution in [2.45, 2.75) is 39.5 Å². The van der Waals surface area contributed by atoms with Crippen molar-refractivity contribution >= 4 is 56.5 Å². The Kier molecular flexibility index (Phi) is 12.7. The highest BCUT2D eigenvalue weighted by atomic mass is 14.7. The molecule has 0 amide bonds. The molecule has 0 saturated carbocycles. The van der Waals surface area contributed by atoms with E-state index in [1.54, 1.807) is 6.08 Å². The van der Waals surface area contributed by atoms with Gasteiger partial charge in [0.15, 0.2) is 0 Å². The lowest BCUT2D eigenvalue weighted by atomic mass is 9.87. The average Bonchev–Trinajstić information content (AvgIpc) is 3.26. The molecule has 7 rings (SSSR count). The Bertz CT molecular complexity index is 2710. The monoisotopic (exact) mass is 751 g/mol. The van der Waals surface area contributed by atoms with E-state index in [1.165, 1.54) is 43.8 Å². The molecule has 1 N–H and O–H groups in total. The molecule has 0 atom stereocenters. The SMILES string of the molecule is C=CC(/C=N\C(=C/C(=N)C(=C)c1ccccc1C1=C(C)CCC=C1)c1ccc(-c2cc3ccccc3c3ccccc23)cc1)=C\C=C\C1=C\N=CCC\C=C/C(C)=C/1. The van der Waals surface area contributed by atoms with Gasteiger partial charge in [-0.2, -0.15) is 0 Å². The van der Waals surface area contributed by atoms with Crippen LogP contribution in [0.1, 0.15) is 56.2 Å². The van der Waals surface area contributed by atoms with Gasteiger partial charge < -0.3 is 5.41 Å². The molecule has 1 aliphatic carbocycles. The van der Waals surface area contributed by atoms with Gasteiger partial charge in [-0.15, -0.1) is 0 Å². The zero-order chi connectivity index (χ0) is 40.3. The van der Waals surface area contributed by atoms with Gasteiger partial charge in [0.25, 0.3) is 0 Å². The largest absolute Gasteiger partial charge is 0.300 e. The van der Waals surface area contributed by atoms with Gasteiger partial charge in [0, 0.05) is 29.8 Å². The number of allylic oxidation sites excluding steroid dienone is 16.